The van der Waals surface area contributed by atoms with E-state index in [9.17, 15) is 14.4 Å². The Morgan fingerprint density at radius 3 is 2.70 bits per heavy atom. The summed E-state index contributed by atoms with van der Waals surface area (Å²) in [6, 6.07) is 9.36. The van der Waals surface area contributed by atoms with Gasteiger partial charge >= 0.3 is 0 Å². The number of likely N-dealkylation sites (tertiary alicyclic amines) is 1. The number of nitrogen functional groups attached to an aromatic ring is 1. The van der Waals surface area contributed by atoms with Gasteiger partial charge in [-0.25, -0.2) is 4.68 Å². The molecule has 0 radical (unpaired) electrons. The van der Waals surface area contributed by atoms with Crippen molar-refractivity contribution in [2.75, 3.05) is 25.4 Å². The molecule has 1 aliphatic heterocycles. The van der Waals surface area contributed by atoms with Crippen LogP contribution in [-0.2, 0) is 9.59 Å². The molecule has 142 valence electrons. The molecule has 0 spiro atoms. The van der Waals surface area contributed by atoms with Crippen molar-refractivity contribution in [2.24, 2.45) is 5.92 Å². The van der Waals surface area contributed by atoms with E-state index >= 15 is 0 Å². The average molecular weight is 369 g/mol. The van der Waals surface area contributed by atoms with E-state index in [0.29, 0.717) is 30.9 Å². The molecule has 1 saturated heterocycles. The van der Waals surface area contributed by atoms with Crippen LogP contribution in [0, 0.1) is 5.92 Å². The highest BCUT2D eigenvalue weighted by Gasteiger charge is 2.31. The molecule has 2 aromatic rings. The number of carbonyl (C=O) groups is 3. The van der Waals surface area contributed by atoms with E-state index in [1.807, 2.05) is 30.3 Å². The summed E-state index contributed by atoms with van der Waals surface area (Å²) >= 11 is 0. The van der Waals surface area contributed by atoms with Gasteiger partial charge in [-0.2, -0.15) is 5.10 Å². The molecule has 0 bridgehead atoms. The summed E-state index contributed by atoms with van der Waals surface area (Å²) in [5.41, 5.74) is 7.33. The smallest absolute Gasteiger partial charge is 0.241 e. The minimum atomic E-state index is -0.323. The molecule has 2 amide bonds. The quantitative estimate of drug-likeness (QED) is 0.765. The van der Waals surface area contributed by atoms with Crippen LogP contribution in [0.5, 0.6) is 0 Å². The lowest BCUT2D eigenvalue weighted by Crippen LogP contribution is -2.46. The van der Waals surface area contributed by atoms with E-state index in [2.05, 4.69) is 10.4 Å². The van der Waals surface area contributed by atoms with Crippen molar-refractivity contribution in [3.05, 3.63) is 42.1 Å². The van der Waals surface area contributed by atoms with Crippen LogP contribution in [0.3, 0.4) is 0 Å². The predicted octanol–water partition coefficient (Wildman–Crippen LogP) is 1.01. The van der Waals surface area contributed by atoms with Gasteiger partial charge in [0.15, 0.2) is 5.78 Å². The van der Waals surface area contributed by atoms with Gasteiger partial charge < -0.3 is 16.0 Å². The first-order valence-electron chi connectivity index (χ1n) is 8.92. The summed E-state index contributed by atoms with van der Waals surface area (Å²) < 4.78 is 1.54. The standard InChI is InChI=1S/C19H23N5O3/c1-13(25)21-11-17(26)23-9-5-6-14(12-23)18(27)16-10-22-24(19(16)20)15-7-3-2-4-8-15/h2-4,7-8,10,14H,5-6,9,11-12,20H2,1H3,(H,21,25). The van der Waals surface area contributed by atoms with Gasteiger partial charge in [-0.1, -0.05) is 18.2 Å². The minimum absolute atomic E-state index is 0.0513. The SMILES string of the molecule is CC(=O)NCC(=O)N1CCCC(C(=O)c2cnn(-c3ccccc3)c2N)C1. The average Bonchev–Trinajstić information content (AvgIpc) is 3.07. The number of nitrogens with two attached hydrogens (primary N) is 1. The van der Waals surface area contributed by atoms with Gasteiger partial charge in [-0.15, -0.1) is 0 Å². The Morgan fingerprint density at radius 1 is 1.26 bits per heavy atom. The Kier molecular flexibility index (Phi) is 5.54. The summed E-state index contributed by atoms with van der Waals surface area (Å²) in [6.07, 6.45) is 2.91. The van der Waals surface area contributed by atoms with Crippen LogP contribution in [-0.4, -0.2) is 51.9 Å². The second-order valence-electron chi connectivity index (χ2n) is 6.64. The van der Waals surface area contributed by atoms with E-state index in [-0.39, 0.29) is 30.1 Å². The van der Waals surface area contributed by atoms with Crippen molar-refractivity contribution < 1.29 is 14.4 Å². The zero-order valence-electron chi connectivity index (χ0n) is 15.2. The molecule has 1 aromatic heterocycles. The van der Waals surface area contributed by atoms with Crippen LogP contribution in [0.4, 0.5) is 5.82 Å². The summed E-state index contributed by atoms with van der Waals surface area (Å²) in [5.74, 6) is -0.569. The molecule has 1 aromatic carbocycles. The number of nitrogens with zero attached hydrogens (tertiary/aromatic N) is 3. The van der Waals surface area contributed by atoms with E-state index in [1.165, 1.54) is 17.8 Å². The number of rotatable bonds is 5. The Labute approximate surface area is 157 Å². The number of para-hydroxylation sites is 1. The fourth-order valence-corrected chi connectivity index (χ4v) is 3.27. The highest BCUT2D eigenvalue weighted by atomic mass is 16.2. The molecule has 0 aliphatic carbocycles. The molecule has 8 heteroatoms. The minimum Gasteiger partial charge on any atom is -0.383 e. The van der Waals surface area contributed by atoms with Crippen LogP contribution in [0.2, 0.25) is 0 Å². The number of hydrogen-bond donors (Lipinski definition) is 2. The molecular weight excluding hydrogens is 346 g/mol. The van der Waals surface area contributed by atoms with Gasteiger partial charge in [0, 0.05) is 25.9 Å². The van der Waals surface area contributed by atoms with Gasteiger partial charge in [-0.05, 0) is 25.0 Å². The molecule has 0 saturated carbocycles. The molecule has 1 aliphatic rings. The lowest BCUT2D eigenvalue weighted by Gasteiger charge is -2.32. The first kappa shape index (κ1) is 18.6. The second kappa shape index (κ2) is 8.03. The molecule has 1 fully saturated rings. The van der Waals surface area contributed by atoms with Crippen molar-refractivity contribution in [1.82, 2.24) is 20.0 Å². The predicted molar refractivity (Wildman–Crippen MR) is 100 cm³/mol. The number of ketones is 1. The molecule has 1 unspecified atom stereocenters. The van der Waals surface area contributed by atoms with Gasteiger partial charge in [0.2, 0.25) is 11.8 Å². The number of piperidine rings is 1. The van der Waals surface area contributed by atoms with E-state index < -0.39 is 0 Å². The van der Waals surface area contributed by atoms with Crippen molar-refractivity contribution >= 4 is 23.4 Å². The Hall–Kier alpha value is -3.16. The highest BCUT2D eigenvalue weighted by molar-refractivity contribution is 6.02. The lowest BCUT2D eigenvalue weighted by atomic mass is 9.90. The van der Waals surface area contributed by atoms with Crippen molar-refractivity contribution in [1.29, 1.82) is 0 Å². The van der Waals surface area contributed by atoms with Crippen molar-refractivity contribution in [2.45, 2.75) is 19.8 Å². The Morgan fingerprint density at radius 2 is 2.00 bits per heavy atom. The lowest BCUT2D eigenvalue weighted by molar-refractivity contribution is -0.133. The largest absolute Gasteiger partial charge is 0.383 e. The van der Waals surface area contributed by atoms with E-state index in [1.54, 1.807) is 4.90 Å². The Bertz CT molecular complexity index is 846. The van der Waals surface area contributed by atoms with Gasteiger partial charge in [0.05, 0.1) is 24.0 Å². The van der Waals surface area contributed by atoms with Gasteiger partial charge in [0.1, 0.15) is 5.82 Å². The summed E-state index contributed by atoms with van der Waals surface area (Å²) in [7, 11) is 0. The number of benzene rings is 1. The summed E-state index contributed by atoms with van der Waals surface area (Å²) in [5, 5.41) is 6.75. The van der Waals surface area contributed by atoms with Crippen molar-refractivity contribution in [3.63, 3.8) is 0 Å². The fourth-order valence-electron chi connectivity index (χ4n) is 3.27. The molecule has 27 heavy (non-hydrogen) atoms. The topological polar surface area (TPSA) is 110 Å². The van der Waals surface area contributed by atoms with Gasteiger partial charge in [-0.3, -0.25) is 14.4 Å². The molecule has 2 heterocycles. The van der Waals surface area contributed by atoms with Crippen LogP contribution in [0.15, 0.2) is 36.5 Å². The number of amides is 2. The summed E-state index contributed by atoms with van der Waals surface area (Å²) in [4.78, 5) is 37.8. The third-order valence-corrected chi connectivity index (χ3v) is 4.71. The van der Waals surface area contributed by atoms with Gasteiger partial charge in [0.25, 0.3) is 0 Å². The molecular formula is C19H23N5O3. The maximum absolute atomic E-state index is 13.0. The molecule has 8 nitrogen and oxygen atoms in total. The van der Waals surface area contributed by atoms with Crippen LogP contribution in [0.25, 0.3) is 5.69 Å². The number of anilines is 1. The maximum Gasteiger partial charge on any atom is 0.241 e. The Balaban J connectivity index is 1.71. The third-order valence-electron chi connectivity index (χ3n) is 4.71. The van der Waals surface area contributed by atoms with Crippen LogP contribution >= 0.6 is 0 Å². The van der Waals surface area contributed by atoms with E-state index in [4.69, 9.17) is 5.73 Å². The molecule has 1 atom stereocenters. The first-order valence-corrected chi connectivity index (χ1v) is 8.92. The number of aromatic nitrogens is 2. The number of hydrogen-bond acceptors (Lipinski definition) is 5. The monoisotopic (exact) mass is 369 g/mol. The second-order valence-corrected chi connectivity index (χ2v) is 6.64. The summed E-state index contributed by atoms with van der Waals surface area (Å²) in [6.45, 7) is 2.22. The third kappa shape index (κ3) is 4.16. The van der Waals surface area contributed by atoms with Crippen LogP contribution < -0.4 is 11.1 Å². The van der Waals surface area contributed by atoms with Crippen LogP contribution in [0.1, 0.15) is 30.1 Å². The van der Waals surface area contributed by atoms with Crippen molar-refractivity contribution in [3.8, 4) is 5.69 Å². The number of Topliss-reactive ketones (excluding diaryl/α,β-unsaturated/α-hetero) is 1. The normalized spacial score (nSPS) is 16.8. The van der Waals surface area contributed by atoms with E-state index in [0.717, 1.165) is 12.1 Å². The zero-order chi connectivity index (χ0) is 19.4. The maximum atomic E-state index is 13.0. The molecule has 3 N–H and O–H groups in total. The first-order chi connectivity index (χ1) is 13.0. The fraction of sp³-hybridized carbons (Fsp3) is 0.368. The number of nitrogens with one attached hydrogen (secondary N) is 1. The molecule has 3 rings (SSSR count). The highest BCUT2D eigenvalue weighted by Crippen LogP contribution is 2.25. The zero-order valence-corrected chi connectivity index (χ0v) is 15.2. The number of carbonyl (C=O) groups excluding carboxylic acids is 3.